The lowest BCUT2D eigenvalue weighted by Gasteiger charge is -2.16. The SMILES string of the molecule is Cn1c(=O)c2nc(Nc3cccc(C(F)(F)F)c3)c(Nc3cccc(C(F)(F)F)c3)nc2n(C)c1=O. The van der Waals surface area contributed by atoms with E-state index < -0.39 is 34.7 Å². The first-order valence-electron chi connectivity index (χ1n) is 10.1. The molecule has 0 amide bonds. The summed E-state index contributed by atoms with van der Waals surface area (Å²) >= 11 is 0. The van der Waals surface area contributed by atoms with Crippen molar-refractivity contribution in [3.8, 4) is 0 Å². The van der Waals surface area contributed by atoms with Crippen LogP contribution in [0.15, 0.2) is 58.1 Å². The molecule has 0 radical (unpaired) electrons. The van der Waals surface area contributed by atoms with Gasteiger partial charge in [0, 0.05) is 25.5 Å². The van der Waals surface area contributed by atoms with Crippen molar-refractivity contribution in [2.45, 2.75) is 12.4 Å². The summed E-state index contributed by atoms with van der Waals surface area (Å²) in [7, 11) is 2.52. The van der Waals surface area contributed by atoms with Crippen molar-refractivity contribution in [1.29, 1.82) is 0 Å². The van der Waals surface area contributed by atoms with Crippen LogP contribution >= 0.6 is 0 Å². The molecule has 0 spiro atoms. The molecule has 14 heteroatoms. The summed E-state index contributed by atoms with van der Waals surface area (Å²) in [4.78, 5) is 33.3. The number of rotatable bonds is 4. The maximum Gasteiger partial charge on any atom is 0.416 e. The van der Waals surface area contributed by atoms with Gasteiger partial charge >= 0.3 is 18.0 Å². The van der Waals surface area contributed by atoms with Gasteiger partial charge in [-0.25, -0.2) is 14.8 Å². The van der Waals surface area contributed by atoms with E-state index in [4.69, 9.17) is 0 Å². The summed E-state index contributed by atoms with van der Waals surface area (Å²) < 4.78 is 80.7. The third kappa shape index (κ3) is 4.74. The van der Waals surface area contributed by atoms with E-state index >= 15 is 0 Å². The van der Waals surface area contributed by atoms with Crippen molar-refractivity contribution in [3.63, 3.8) is 0 Å². The Morgan fingerprint density at radius 1 is 0.722 bits per heavy atom. The van der Waals surface area contributed by atoms with Gasteiger partial charge in [-0.05, 0) is 36.4 Å². The van der Waals surface area contributed by atoms with Gasteiger partial charge in [-0.3, -0.25) is 13.9 Å². The number of hydrogen-bond donors (Lipinski definition) is 2. The van der Waals surface area contributed by atoms with Crippen molar-refractivity contribution < 1.29 is 26.3 Å². The van der Waals surface area contributed by atoms with Gasteiger partial charge in [0.25, 0.3) is 5.56 Å². The summed E-state index contributed by atoms with van der Waals surface area (Å²) in [6, 6.07) is 8.18. The van der Waals surface area contributed by atoms with E-state index in [1.54, 1.807) is 0 Å². The first-order valence-corrected chi connectivity index (χ1v) is 10.1. The van der Waals surface area contributed by atoms with Gasteiger partial charge in [0.2, 0.25) is 0 Å². The number of fused-ring (bicyclic) bond motifs is 1. The van der Waals surface area contributed by atoms with Crippen LogP contribution in [0, 0.1) is 0 Å². The number of nitrogens with zero attached hydrogens (tertiary/aromatic N) is 4. The number of alkyl halides is 6. The highest BCUT2D eigenvalue weighted by atomic mass is 19.4. The summed E-state index contributed by atoms with van der Waals surface area (Å²) in [6.45, 7) is 0. The normalized spacial score (nSPS) is 12.1. The Labute approximate surface area is 197 Å². The summed E-state index contributed by atoms with van der Waals surface area (Å²) in [6.07, 6.45) is -9.28. The van der Waals surface area contributed by atoms with Crippen molar-refractivity contribution in [2.24, 2.45) is 14.1 Å². The molecule has 0 saturated carbocycles. The standard InChI is InChI=1S/C22H16F6N6O2/c1-33-18-15(19(35)34(2)20(33)36)31-16(29-13-7-3-5-11(9-13)21(23,24)25)17(32-18)30-14-8-4-6-12(10-14)22(26,27)28/h3-10H,1-2H3,(H,29,31)(H,30,32). The second-order valence-electron chi connectivity index (χ2n) is 7.71. The summed E-state index contributed by atoms with van der Waals surface area (Å²) in [5.74, 6) is -0.488. The zero-order chi connectivity index (χ0) is 26.4. The molecule has 0 saturated heterocycles. The molecule has 36 heavy (non-hydrogen) atoms. The Morgan fingerprint density at radius 3 is 1.67 bits per heavy atom. The minimum atomic E-state index is -4.64. The van der Waals surface area contributed by atoms with Gasteiger partial charge in [-0.15, -0.1) is 0 Å². The monoisotopic (exact) mass is 510 g/mol. The molecule has 2 aromatic carbocycles. The molecule has 0 unspecified atom stereocenters. The van der Waals surface area contributed by atoms with Gasteiger partial charge in [0.05, 0.1) is 11.1 Å². The van der Waals surface area contributed by atoms with E-state index in [2.05, 4.69) is 20.6 Å². The van der Waals surface area contributed by atoms with E-state index in [1.807, 2.05) is 0 Å². The van der Waals surface area contributed by atoms with E-state index in [-0.39, 0.29) is 34.2 Å². The van der Waals surface area contributed by atoms with Crippen LogP contribution in [0.5, 0.6) is 0 Å². The molecule has 2 N–H and O–H groups in total. The molecule has 2 heterocycles. The minimum Gasteiger partial charge on any atom is -0.337 e. The number of aromatic nitrogens is 4. The topological polar surface area (TPSA) is 93.8 Å². The van der Waals surface area contributed by atoms with Crippen molar-refractivity contribution in [2.75, 3.05) is 10.6 Å². The maximum atomic E-state index is 13.2. The molecular weight excluding hydrogens is 494 g/mol. The Morgan fingerprint density at radius 2 is 1.19 bits per heavy atom. The summed E-state index contributed by atoms with van der Waals surface area (Å²) in [5.41, 5.74) is -4.10. The molecule has 8 nitrogen and oxygen atoms in total. The van der Waals surface area contributed by atoms with Crippen molar-refractivity contribution in [1.82, 2.24) is 19.1 Å². The quantitative estimate of drug-likeness (QED) is 0.392. The molecule has 0 aliphatic rings. The Balaban J connectivity index is 1.90. The number of benzene rings is 2. The van der Waals surface area contributed by atoms with Crippen LogP contribution in [-0.2, 0) is 26.4 Å². The average molecular weight is 510 g/mol. The minimum absolute atomic E-state index is 0.0700. The number of halogens is 6. The lowest BCUT2D eigenvalue weighted by molar-refractivity contribution is -0.138. The van der Waals surface area contributed by atoms with Gasteiger partial charge in [-0.2, -0.15) is 26.3 Å². The highest BCUT2D eigenvalue weighted by Crippen LogP contribution is 2.34. The van der Waals surface area contributed by atoms with Gasteiger partial charge in [0.15, 0.2) is 22.8 Å². The maximum absolute atomic E-state index is 13.2. The molecule has 0 aliphatic heterocycles. The first kappa shape index (κ1) is 24.8. The van der Waals surface area contributed by atoms with Crippen LogP contribution in [-0.4, -0.2) is 19.1 Å². The van der Waals surface area contributed by atoms with Gasteiger partial charge < -0.3 is 10.6 Å². The first-order chi connectivity index (χ1) is 16.8. The molecule has 188 valence electrons. The Hall–Kier alpha value is -4.36. The van der Waals surface area contributed by atoms with E-state index in [1.165, 1.54) is 26.2 Å². The molecule has 4 rings (SSSR count). The molecule has 4 aromatic rings. The second-order valence-corrected chi connectivity index (χ2v) is 7.71. The number of anilines is 4. The van der Waals surface area contributed by atoms with E-state index in [9.17, 15) is 35.9 Å². The van der Waals surface area contributed by atoms with Crippen LogP contribution in [0.4, 0.5) is 49.4 Å². The molecule has 0 aliphatic carbocycles. The molecule has 0 fully saturated rings. The predicted molar refractivity (Wildman–Crippen MR) is 119 cm³/mol. The van der Waals surface area contributed by atoms with Crippen LogP contribution in [0.25, 0.3) is 11.2 Å². The lowest BCUT2D eigenvalue weighted by Crippen LogP contribution is -2.37. The van der Waals surface area contributed by atoms with Crippen LogP contribution < -0.4 is 21.9 Å². The Kier molecular flexibility index (Phi) is 5.98. The third-order valence-corrected chi connectivity index (χ3v) is 5.18. The zero-order valence-electron chi connectivity index (χ0n) is 18.5. The molecule has 0 bridgehead atoms. The highest BCUT2D eigenvalue weighted by molar-refractivity contribution is 5.81. The fourth-order valence-electron chi connectivity index (χ4n) is 3.36. The Bertz CT molecular complexity index is 1590. The van der Waals surface area contributed by atoms with Gasteiger partial charge in [0.1, 0.15) is 0 Å². The highest BCUT2D eigenvalue weighted by Gasteiger charge is 2.31. The summed E-state index contributed by atoms with van der Waals surface area (Å²) in [5, 5.41) is 5.27. The zero-order valence-corrected chi connectivity index (χ0v) is 18.5. The number of nitrogens with one attached hydrogen (secondary N) is 2. The third-order valence-electron chi connectivity index (χ3n) is 5.18. The average Bonchev–Trinajstić information content (AvgIpc) is 2.81. The van der Waals surface area contributed by atoms with Crippen LogP contribution in [0.3, 0.4) is 0 Å². The lowest BCUT2D eigenvalue weighted by atomic mass is 10.2. The van der Waals surface area contributed by atoms with Crippen molar-refractivity contribution in [3.05, 3.63) is 80.5 Å². The van der Waals surface area contributed by atoms with E-state index in [0.717, 1.165) is 45.5 Å². The van der Waals surface area contributed by atoms with Gasteiger partial charge in [-0.1, -0.05) is 12.1 Å². The molecule has 0 atom stereocenters. The van der Waals surface area contributed by atoms with Crippen molar-refractivity contribution >= 4 is 34.2 Å². The number of aryl methyl sites for hydroxylation is 1. The predicted octanol–water partition coefficient (Wildman–Crippen LogP) is 4.55. The van der Waals surface area contributed by atoms with Crippen LogP contribution in [0.2, 0.25) is 0 Å². The molecular formula is C22H16F6N6O2. The van der Waals surface area contributed by atoms with Crippen LogP contribution in [0.1, 0.15) is 11.1 Å². The second kappa shape index (κ2) is 8.70. The fraction of sp³-hybridized carbons (Fsp3) is 0.182. The van der Waals surface area contributed by atoms with E-state index in [0.29, 0.717) is 0 Å². The fourth-order valence-corrected chi connectivity index (χ4v) is 3.36. The largest absolute Gasteiger partial charge is 0.416 e. The molecule has 2 aromatic heterocycles. The smallest absolute Gasteiger partial charge is 0.337 e. The number of hydrogen-bond acceptors (Lipinski definition) is 6.